The first-order valence-electron chi connectivity index (χ1n) is 8.99. The predicted octanol–water partition coefficient (Wildman–Crippen LogP) is 2.89. The summed E-state index contributed by atoms with van der Waals surface area (Å²) in [6.07, 6.45) is 6.94. The van der Waals surface area contributed by atoms with E-state index in [1.807, 2.05) is 25.3 Å². The molecule has 2 aliphatic heterocycles. The smallest absolute Gasteiger partial charge is 0.261 e. The van der Waals surface area contributed by atoms with Crippen molar-refractivity contribution in [1.29, 1.82) is 0 Å². The van der Waals surface area contributed by atoms with Gasteiger partial charge in [-0.1, -0.05) is 5.16 Å². The van der Waals surface area contributed by atoms with Crippen LogP contribution in [0.15, 0.2) is 22.9 Å². The van der Waals surface area contributed by atoms with Crippen molar-refractivity contribution in [3.8, 4) is 11.5 Å². The standard InChI is InChI=1S/C18H25N5O/c1-13-5-4-10-23(13)15-7-11-22(12-8-15)17-16(6-3-9-19-17)18-20-14(2)21-24-18/h3,6,9,13,15H,4-5,7-8,10-12H2,1-2H3. The Morgan fingerprint density at radius 3 is 2.67 bits per heavy atom. The monoisotopic (exact) mass is 327 g/mol. The van der Waals surface area contributed by atoms with Crippen molar-refractivity contribution in [1.82, 2.24) is 20.0 Å². The van der Waals surface area contributed by atoms with Crippen LogP contribution in [0.2, 0.25) is 0 Å². The van der Waals surface area contributed by atoms with Crippen molar-refractivity contribution < 1.29 is 4.52 Å². The van der Waals surface area contributed by atoms with Gasteiger partial charge < -0.3 is 9.42 Å². The molecular formula is C18H25N5O. The fourth-order valence-electron chi connectivity index (χ4n) is 4.13. The van der Waals surface area contributed by atoms with E-state index in [1.54, 1.807) is 0 Å². The summed E-state index contributed by atoms with van der Waals surface area (Å²) in [5.74, 6) is 2.18. The van der Waals surface area contributed by atoms with E-state index >= 15 is 0 Å². The van der Waals surface area contributed by atoms with Gasteiger partial charge in [-0.25, -0.2) is 4.98 Å². The molecule has 0 aliphatic carbocycles. The minimum atomic E-state index is 0.561. The Hall–Kier alpha value is -1.95. The highest BCUT2D eigenvalue weighted by atomic mass is 16.5. The van der Waals surface area contributed by atoms with Gasteiger partial charge >= 0.3 is 0 Å². The normalized spacial score (nSPS) is 23.1. The van der Waals surface area contributed by atoms with Gasteiger partial charge in [-0.3, -0.25) is 4.90 Å². The molecule has 0 spiro atoms. The van der Waals surface area contributed by atoms with E-state index in [0.29, 0.717) is 11.7 Å². The molecule has 2 aliphatic rings. The molecule has 0 saturated carbocycles. The topological polar surface area (TPSA) is 58.3 Å². The van der Waals surface area contributed by atoms with Crippen LogP contribution in [0.5, 0.6) is 0 Å². The van der Waals surface area contributed by atoms with Gasteiger partial charge in [0.05, 0.1) is 5.56 Å². The zero-order chi connectivity index (χ0) is 16.5. The van der Waals surface area contributed by atoms with Crippen LogP contribution in [0.3, 0.4) is 0 Å². The summed E-state index contributed by atoms with van der Waals surface area (Å²) in [7, 11) is 0. The molecule has 6 nitrogen and oxygen atoms in total. The van der Waals surface area contributed by atoms with Crippen molar-refractivity contribution in [2.45, 2.75) is 51.6 Å². The van der Waals surface area contributed by atoms with Crippen LogP contribution in [0.4, 0.5) is 5.82 Å². The molecule has 2 aromatic rings. The molecule has 0 bridgehead atoms. The zero-order valence-corrected chi connectivity index (χ0v) is 14.5. The average molecular weight is 327 g/mol. The molecule has 1 unspecified atom stereocenters. The Balaban J connectivity index is 1.50. The highest BCUT2D eigenvalue weighted by Crippen LogP contribution is 2.31. The van der Waals surface area contributed by atoms with Crippen LogP contribution in [0.25, 0.3) is 11.5 Å². The Labute approximate surface area is 142 Å². The average Bonchev–Trinajstić information content (AvgIpc) is 3.23. The van der Waals surface area contributed by atoms with E-state index in [2.05, 4.69) is 31.8 Å². The molecular weight excluding hydrogens is 302 g/mol. The molecule has 0 N–H and O–H groups in total. The summed E-state index contributed by atoms with van der Waals surface area (Å²) in [4.78, 5) is 14.1. The predicted molar refractivity (Wildman–Crippen MR) is 92.9 cm³/mol. The Bertz CT molecular complexity index is 692. The van der Waals surface area contributed by atoms with Gasteiger partial charge in [0.15, 0.2) is 5.82 Å². The van der Waals surface area contributed by atoms with E-state index in [-0.39, 0.29) is 0 Å². The quantitative estimate of drug-likeness (QED) is 0.864. The van der Waals surface area contributed by atoms with Crippen LogP contribution >= 0.6 is 0 Å². The third-order valence-electron chi connectivity index (χ3n) is 5.38. The third-order valence-corrected chi connectivity index (χ3v) is 5.38. The summed E-state index contributed by atoms with van der Waals surface area (Å²) in [6.45, 7) is 7.54. The molecule has 2 fully saturated rings. The molecule has 4 rings (SSSR count). The highest BCUT2D eigenvalue weighted by Gasteiger charge is 2.31. The van der Waals surface area contributed by atoms with Gasteiger partial charge in [-0.15, -0.1) is 0 Å². The minimum Gasteiger partial charge on any atom is -0.356 e. The minimum absolute atomic E-state index is 0.561. The molecule has 2 saturated heterocycles. The molecule has 128 valence electrons. The lowest BCUT2D eigenvalue weighted by Crippen LogP contribution is -2.46. The van der Waals surface area contributed by atoms with Crippen molar-refractivity contribution >= 4 is 5.82 Å². The maximum absolute atomic E-state index is 5.36. The molecule has 0 aromatic carbocycles. The number of hydrogen-bond donors (Lipinski definition) is 0. The van der Waals surface area contributed by atoms with Crippen molar-refractivity contribution in [2.75, 3.05) is 24.5 Å². The number of likely N-dealkylation sites (tertiary alicyclic amines) is 1. The van der Waals surface area contributed by atoms with E-state index in [4.69, 9.17) is 4.52 Å². The second-order valence-electron chi connectivity index (χ2n) is 6.97. The molecule has 0 radical (unpaired) electrons. The Kier molecular flexibility index (Phi) is 4.22. The largest absolute Gasteiger partial charge is 0.356 e. The van der Waals surface area contributed by atoms with Crippen molar-refractivity contribution in [3.63, 3.8) is 0 Å². The second kappa shape index (κ2) is 6.51. The highest BCUT2D eigenvalue weighted by molar-refractivity contribution is 5.69. The molecule has 6 heteroatoms. The fraction of sp³-hybridized carbons (Fsp3) is 0.611. The number of hydrogen-bond acceptors (Lipinski definition) is 6. The first-order chi connectivity index (χ1) is 11.7. The summed E-state index contributed by atoms with van der Waals surface area (Å²) in [5, 5.41) is 3.91. The number of aromatic nitrogens is 3. The maximum Gasteiger partial charge on any atom is 0.261 e. The lowest BCUT2D eigenvalue weighted by molar-refractivity contribution is 0.163. The summed E-state index contributed by atoms with van der Waals surface area (Å²) in [5.41, 5.74) is 0.936. The number of piperidine rings is 1. The first kappa shape index (κ1) is 15.6. The maximum atomic E-state index is 5.36. The van der Waals surface area contributed by atoms with E-state index in [9.17, 15) is 0 Å². The van der Waals surface area contributed by atoms with Gasteiger partial charge in [0.25, 0.3) is 5.89 Å². The molecule has 4 heterocycles. The van der Waals surface area contributed by atoms with Crippen molar-refractivity contribution in [2.24, 2.45) is 0 Å². The van der Waals surface area contributed by atoms with Crippen LogP contribution in [0.1, 0.15) is 38.4 Å². The van der Waals surface area contributed by atoms with Crippen LogP contribution in [-0.2, 0) is 0 Å². The number of aryl methyl sites for hydroxylation is 1. The summed E-state index contributed by atoms with van der Waals surface area (Å²) < 4.78 is 5.36. The first-order valence-corrected chi connectivity index (χ1v) is 8.99. The van der Waals surface area contributed by atoms with E-state index in [0.717, 1.165) is 36.6 Å². The summed E-state index contributed by atoms with van der Waals surface area (Å²) >= 11 is 0. The van der Waals surface area contributed by atoms with Crippen molar-refractivity contribution in [3.05, 3.63) is 24.2 Å². The van der Waals surface area contributed by atoms with Gasteiger partial charge in [0.2, 0.25) is 0 Å². The van der Waals surface area contributed by atoms with Crippen LogP contribution in [0, 0.1) is 6.92 Å². The third kappa shape index (κ3) is 2.90. The lowest BCUT2D eigenvalue weighted by Gasteiger charge is -2.39. The summed E-state index contributed by atoms with van der Waals surface area (Å²) in [6, 6.07) is 5.41. The lowest BCUT2D eigenvalue weighted by atomic mass is 10.0. The SMILES string of the molecule is Cc1noc(-c2cccnc2N2CCC(N3CCCC3C)CC2)n1. The number of anilines is 1. The zero-order valence-electron chi connectivity index (χ0n) is 14.5. The van der Waals surface area contributed by atoms with Crippen LogP contribution < -0.4 is 4.90 Å². The van der Waals surface area contributed by atoms with Crippen LogP contribution in [-0.4, -0.2) is 51.7 Å². The van der Waals surface area contributed by atoms with E-state index in [1.165, 1.54) is 32.2 Å². The number of pyridine rings is 1. The number of rotatable bonds is 3. The molecule has 24 heavy (non-hydrogen) atoms. The van der Waals surface area contributed by atoms with Gasteiger partial charge in [-0.05, 0) is 58.2 Å². The molecule has 1 atom stereocenters. The second-order valence-corrected chi connectivity index (χ2v) is 6.97. The Morgan fingerprint density at radius 2 is 2.00 bits per heavy atom. The van der Waals surface area contributed by atoms with E-state index < -0.39 is 0 Å². The number of nitrogens with zero attached hydrogens (tertiary/aromatic N) is 5. The van der Waals surface area contributed by atoms with Gasteiger partial charge in [0.1, 0.15) is 5.82 Å². The Morgan fingerprint density at radius 1 is 1.17 bits per heavy atom. The molecule has 2 aromatic heterocycles. The van der Waals surface area contributed by atoms with Gasteiger partial charge in [-0.2, -0.15) is 4.98 Å². The van der Waals surface area contributed by atoms with Gasteiger partial charge in [0, 0.05) is 31.4 Å². The molecule has 0 amide bonds. The fourth-order valence-corrected chi connectivity index (χ4v) is 4.13.